The number of allylic oxidation sites excluding steroid dienone is 1. The SMILES string of the molecule is FC(F)(F)c1ccc(C=CCCl)cc1Cl. The van der Waals surface area contributed by atoms with E-state index in [1.165, 1.54) is 12.1 Å². The fourth-order valence-corrected chi connectivity index (χ4v) is 1.43. The Morgan fingerprint density at radius 2 is 1.93 bits per heavy atom. The second kappa shape index (κ2) is 4.90. The molecule has 0 saturated heterocycles. The molecule has 0 amide bonds. The van der Waals surface area contributed by atoms with Gasteiger partial charge in [0.1, 0.15) is 0 Å². The molecule has 15 heavy (non-hydrogen) atoms. The number of hydrogen-bond donors (Lipinski definition) is 0. The van der Waals surface area contributed by atoms with Gasteiger partial charge in [-0.2, -0.15) is 13.2 Å². The highest BCUT2D eigenvalue weighted by atomic mass is 35.5. The van der Waals surface area contributed by atoms with Gasteiger partial charge < -0.3 is 0 Å². The van der Waals surface area contributed by atoms with E-state index in [-0.39, 0.29) is 5.02 Å². The van der Waals surface area contributed by atoms with Crippen LogP contribution >= 0.6 is 23.2 Å². The molecule has 1 aromatic carbocycles. The number of rotatable bonds is 2. The molecule has 1 aromatic rings. The summed E-state index contributed by atoms with van der Waals surface area (Å²) in [5.41, 5.74) is -0.235. The Balaban J connectivity index is 3.04. The fraction of sp³-hybridized carbons (Fsp3) is 0.200. The minimum Gasteiger partial charge on any atom is -0.166 e. The number of hydrogen-bond acceptors (Lipinski definition) is 0. The van der Waals surface area contributed by atoms with Crippen molar-refractivity contribution >= 4 is 29.3 Å². The normalized spacial score (nSPS) is 12.3. The molecule has 1 rings (SSSR count). The van der Waals surface area contributed by atoms with Crippen molar-refractivity contribution in [2.24, 2.45) is 0 Å². The molecule has 0 bridgehead atoms. The van der Waals surface area contributed by atoms with Gasteiger partial charge in [0.2, 0.25) is 0 Å². The Kier molecular flexibility index (Phi) is 4.05. The fourth-order valence-electron chi connectivity index (χ4n) is 1.05. The zero-order valence-electron chi connectivity index (χ0n) is 7.48. The van der Waals surface area contributed by atoms with Gasteiger partial charge in [0, 0.05) is 5.88 Å². The van der Waals surface area contributed by atoms with Gasteiger partial charge in [0.15, 0.2) is 0 Å². The summed E-state index contributed by atoms with van der Waals surface area (Å²) in [6, 6.07) is 3.56. The van der Waals surface area contributed by atoms with Crippen LogP contribution in [0.5, 0.6) is 0 Å². The molecule has 0 aromatic heterocycles. The van der Waals surface area contributed by atoms with Crippen LogP contribution in [0, 0.1) is 0 Å². The molecule has 0 nitrogen and oxygen atoms in total. The summed E-state index contributed by atoms with van der Waals surface area (Å²) in [5, 5.41) is -0.306. The molecule has 0 heterocycles. The molecule has 0 unspecified atom stereocenters. The van der Waals surface area contributed by atoms with E-state index in [0.717, 1.165) is 6.07 Å². The van der Waals surface area contributed by atoms with E-state index in [2.05, 4.69) is 0 Å². The van der Waals surface area contributed by atoms with Crippen LogP contribution in [-0.2, 0) is 6.18 Å². The van der Waals surface area contributed by atoms with Crippen LogP contribution in [0.15, 0.2) is 24.3 Å². The quantitative estimate of drug-likeness (QED) is 0.677. The first kappa shape index (κ1) is 12.4. The lowest BCUT2D eigenvalue weighted by Crippen LogP contribution is -2.05. The molecular formula is C10H7Cl2F3. The molecule has 0 aliphatic heterocycles. The molecule has 5 heteroatoms. The van der Waals surface area contributed by atoms with Crippen LogP contribution in [-0.4, -0.2) is 5.88 Å². The average Bonchev–Trinajstić information content (AvgIpc) is 2.12. The summed E-state index contributed by atoms with van der Waals surface area (Å²) < 4.78 is 36.9. The van der Waals surface area contributed by atoms with Crippen molar-refractivity contribution in [1.82, 2.24) is 0 Å². The van der Waals surface area contributed by atoms with Gasteiger partial charge in [-0.1, -0.05) is 29.8 Å². The summed E-state index contributed by atoms with van der Waals surface area (Å²) in [7, 11) is 0. The minimum atomic E-state index is -4.41. The van der Waals surface area contributed by atoms with Crippen molar-refractivity contribution < 1.29 is 13.2 Å². The molecule has 0 saturated carbocycles. The summed E-state index contributed by atoms with van der Waals surface area (Å²) >= 11 is 10.9. The second-order valence-electron chi connectivity index (χ2n) is 2.79. The number of alkyl halides is 4. The highest BCUT2D eigenvalue weighted by Gasteiger charge is 2.32. The van der Waals surface area contributed by atoms with Crippen molar-refractivity contribution in [1.29, 1.82) is 0 Å². The first-order valence-electron chi connectivity index (χ1n) is 4.04. The number of benzene rings is 1. The lowest BCUT2D eigenvalue weighted by Gasteiger charge is -2.08. The van der Waals surface area contributed by atoms with Gasteiger partial charge in [-0.15, -0.1) is 11.6 Å². The van der Waals surface area contributed by atoms with Gasteiger partial charge in [-0.25, -0.2) is 0 Å². The smallest absolute Gasteiger partial charge is 0.166 e. The summed E-state index contributed by atoms with van der Waals surface area (Å²) in [6.07, 6.45) is -1.18. The van der Waals surface area contributed by atoms with Crippen molar-refractivity contribution in [3.05, 3.63) is 40.4 Å². The van der Waals surface area contributed by atoms with Gasteiger partial charge in [-0.05, 0) is 17.7 Å². The summed E-state index contributed by atoms with van der Waals surface area (Å²) in [4.78, 5) is 0. The molecule has 0 aliphatic rings. The second-order valence-corrected chi connectivity index (χ2v) is 3.51. The van der Waals surface area contributed by atoms with Crippen LogP contribution in [0.3, 0.4) is 0 Å². The topological polar surface area (TPSA) is 0 Å². The third kappa shape index (κ3) is 3.43. The van der Waals surface area contributed by atoms with E-state index in [9.17, 15) is 13.2 Å². The largest absolute Gasteiger partial charge is 0.417 e. The molecule has 82 valence electrons. The Hall–Kier alpha value is -0.670. The Labute approximate surface area is 95.3 Å². The standard InChI is InChI=1S/C10H7Cl2F3/c11-5-1-2-7-3-4-8(9(12)6-7)10(13,14)15/h1-4,6H,5H2. The van der Waals surface area contributed by atoms with E-state index in [1.54, 1.807) is 12.2 Å². The van der Waals surface area contributed by atoms with E-state index in [0.29, 0.717) is 11.4 Å². The summed E-state index contributed by atoms with van der Waals surface area (Å²) in [6.45, 7) is 0. The third-order valence-electron chi connectivity index (χ3n) is 1.70. The molecular weight excluding hydrogens is 248 g/mol. The first-order valence-corrected chi connectivity index (χ1v) is 4.95. The van der Waals surface area contributed by atoms with Crippen LogP contribution in [0.2, 0.25) is 5.02 Å². The Morgan fingerprint density at radius 1 is 1.27 bits per heavy atom. The predicted octanol–water partition coefficient (Wildman–Crippen LogP) is 4.61. The van der Waals surface area contributed by atoms with Crippen LogP contribution in [0.1, 0.15) is 11.1 Å². The van der Waals surface area contributed by atoms with Crippen molar-refractivity contribution in [3.63, 3.8) is 0 Å². The molecule has 0 aliphatic carbocycles. The third-order valence-corrected chi connectivity index (χ3v) is 2.19. The lowest BCUT2D eigenvalue weighted by molar-refractivity contribution is -0.137. The lowest BCUT2D eigenvalue weighted by atomic mass is 10.1. The number of halogens is 5. The minimum absolute atomic E-state index is 0.304. The monoisotopic (exact) mass is 254 g/mol. The van der Waals surface area contributed by atoms with Crippen molar-refractivity contribution in [2.75, 3.05) is 5.88 Å². The van der Waals surface area contributed by atoms with Crippen LogP contribution < -0.4 is 0 Å². The Bertz CT molecular complexity index is 369. The van der Waals surface area contributed by atoms with E-state index in [1.807, 2.05) is 0 Å². The van der Waals surface area contributed by atoms with E-state index < -0.39 is 11.7 Å². The van der Waals surface area contributed by atoms with Gasteiger partial charge in [0.05, 0.1) is 10.6 Å². The van der Waals surface area contributed by atoms with Gasteiger partial charge in [0.25, 0.3) is 0 Å². The molecule has 0 atom stereocenters. The summed E-state index contributed by atoms with van der Waals surface area (Å²) in [5.74, 6) is 0.304. The highest BCUT2D eigenvalue weighted by Crippen LogP contribution is 2.35. The van der Waals surface area contributed by atoms with Gasteiger partial charge in [-0.3, -0.25) is 0 Å². The van der Waals surface area contributed by atoms with E-state index >= 15 is 0 Å². The van der Waals surface area contributed by atoms with Crippen LogP contribution in [0.4, 0.5) is 13.2 Å². The Morgan fingerprint density at radius 3 is 2.40 bits per heavy atom. The zero-order chi connectivity index (χ0) is 11.5. The predicted molar refractivity (Wildman–Crippen MR) is 56.2 cm³/mol. The van der Waals surface area contributed by atoms with Crippen LogP contribution in [0.25, 0.3) is 6.08 Å². The molecule has 0 radical (unpaired) electrons. The average molecular weight is 255 g/mol. The molecule has 0 spiro atoms. The maximum absolute atomic E-state index is 12.3. The van der Waals surface area contributed by atoms with Crippen molar-refractivity contribution in [2.45, 2.75) is 6.18 Å². The molecule has 0 N–H and O–H groups in total. The molecule has 0 fully saturated rings. The zero-order valence-corrected chi connectivity index (χ0v) is 9.00. The maximum Gasteiger partial charge on any atom is 0.417 e. The van der Waals surface area contributed by atoms with E-state index in [4.69, 9.17) is 23.2 Å². The maximum atomic E-state index is 12.3. The van der Waals surface area contributed by atoms with Crippen molar-refractivity contribution in [3.8, 4) is 0 Å². The first-order chi connectivity index (χ1) is 6.95. The van der Waals surface area contributed by atoms with Gasteiger partial charge >= 0.3 is 6.18 Å². The highest BCUT2D eigenvalue weighted by molar-refractivity contribution is 6.31.